The molecule has 31 heavy (non-hydrogen) atoms. The van der Waals surface area contributed by atoms with Gasteiger partial charge in [0.1, 0.15) is 23.2 Å². The van der Waals surface area contributed by atoms with Crippen molar-refractivity contribution in [3.63, 3.8) is 0 Å². The average Bonchev–Trinajstić information content (AvgIpc) is 3.51. The molecule has 0 unspecified atom stereocenters. The highest BCUT2D eigenvalue weighted by Gasteiger charge is 2.44. The Bertz CT molecular complexity index is 1150. The number of aliphatic hydroxyl groups is 1. The fourth-order valence-electron chi connectivity index (χ4n) is 5.06. The third-order valence-corrected chi connectivity index (χ3v) is 6.64. The minimum atomic E-state index is -0.572. The van der Waals surface area contributed by atoms with Crippen LogP contribution in [0.5, 0.6) is 17.2 Å². The van der Waals surface area contributed by atoms with Gasteiger partial charge in [-0.3, -0.25) is 9.20 Å². The maximum Gasteiger partial charge on any atom is 0.272 e. The van der Waals surface area contributed by atoms with Gasteiger partial charge in [-0.05, 0) is 48.9 Å². The van der Waals surface area contributed by atoms with Crippen LogP contribution in [-0.2, 0) is 0 Å². The molecule has 160 valence electrons. The number of imidazole rings is 1. The van der Waals surface area contributed by atoms with E-state index in [1.54, 1.807) is 12.3 Å². The summed E-state index contributed by atoms with van der Waals surface area (Å²) in [4.78, 5) is 19.4. The summed E-state index contributed by atoms with van der Waals surface area (Å²) in [6.45, 7) is 1.53. The number of nitrogens with zero attached hydrogens (tertiary/aromatic N) is 3. The third kappa shape index (κ3) is 3.18. The topological polar surface area (TPSA) is 85.5 Å². The van der Waals surface area contributed by atoms with E-state index >= 15 is 0 Å². The minimum absolute atomic E-state index is 0.0178. The average molecular weight is 421 g/mol. The van der Waals surface area contributed by atoms with Crippen LogP contribution < -0.4 is 14.2 Å². The van der Waals surface area contributed by atoms with Gasteiger partial charge in [-0.25, -0.2) is 4.98 Å². The maximum atomic E-state index is 13.2. The lowest BCUT2D eigenvalue weighted by atomic mass is 9.78. The predicted octanol–water partition coefficient (Wildman–Crippen LogP) is 2.35. The Kier molecular flexibility index (Phi) is 4.27. The third-order valence-electron chi connectivity index (χ3n) is 6.64. The first-order chi connectivity index (χ1) is 15.2. The van der Waals surface area contributed by atoms with Gasteiger partial charge in [0.15, 0.2) is 11.5 Å². The van der Waals surface area contributed by atoms with Crippen LogP contribution in [-0.4, -0.2) is 57.4 Å². The highest BCUT2D eigenvalue weighted by atomic mass is 16.7. The normalized spacial score (nSPS) is 26.8. The van der Waals surface area contributed by atoms with Crippen LogP contribution in [0.15, 0.2) is 48.8 Å². The quantitative estimate of drug-likeness (QED) is 0.699. The van der Waals surface area contributed by atoms with E-state index in [1.165, 1.54) is 0 Å². The molecule has 6 rings (SSSR count). The number of benzene rings is 1. The van der Waals surface area contributed by atoms with E-state index in [-0.39, 0.29) is 24.7 Å². The first-order valence-electron chi connectivity index (χ1n) is 10.6. The Hall–Kier alpha value is -3.26. The van der Waals surface area contributed by atoms with Gasteiger partial charge in [-0.2, -0.15) is 0 Å². The molecule has 3 aromatic rings. The second-order valence-electron chi connectivity index (χ2n) is 8.51. The molecule has 1 amide bonds. The monoisotopic (exact) mass is 421 g/mol. The number of amides is 1. The number of carbonyl (C=O) groups excluding carboxylic acids is 1. The van der Waals surface area contributed by atoms with Gasteiger partial charge >= 0.3 is 0 Å². The molecule has 4 atom stereocenters. The summed E-state index contributed by atoms with van der Waals surface area (Å²) in [5.74, 6) is 2.57. The molecule has 0 bridgehead atoms. The molecular weight excluding hydrogens is 398 g/mol. The Morgan fingerprint density at radius 3 is 2.84 bits per heavy atom. The fraction of sp³-hybridized carbons (Fsp3) is 0.391. The van der Waals surface area contributed by atoms with E-state index in [0.717, 1.165) is 5.65 Å². The summed E-state index contributed by atoms with van der Waals surface area (Å²) in [5, 5.41) is 10.7. The summed E-state index contributed by atoms with van der Waals surface area (Å²) in [5.41, 5.74) is 1.33. The first kappa shape index (κ1) is 18.5. The largest absolute Gasteiger partial charge is 0.488 e. The molecule has 4 heterocycles. The number of ether oxygens (including phenoxy) is 3. The van der Waals surface area contributed by atoms with Crippen LogP contribution in [0.4, 0.5) is 0 Å². The highest BCUT2D eigenvalue weighted by molar-refractivity contribution is 5.93. The lowest BCUT2D eigenvalue weighted by Gasteiger charge is -2.35. The molecule has 1 aromatic carbocycles. The molecule has 1 N–H and O–H groups in total. The lowest BCUT2D eigenvalue weighted by molar-refractivity contribution is -0.0232. The second-order valence-corrected chi connectivity index (χ2v) is 8.51. The van der Waals surface area contributed by atoms with Crippen molar-refractivity contribution in [3.8, 4) is 17.2 Å². The van der Waals surface area contributed by atoms with E-state index in [9.17, 15) is 9.90 Å². The van der Waals surface area contributed by atoms with Crippen LogP contribution in [0, 0.1) is 11.8 Å². The number of hydrogen-bond acceptors (Lipinski definition) is 6. The van der Waals surface area contributed by atoms with E-state index in [1.807, 2.05) is 45.8 Å². The maximum absolute atomic E-state index is 13.2. The van der Waals surface area contributed by atoms with Crippen LogP contribution in [0.1, 0.15) is 23.3 Å². The van der Waals surface area contributed by atoms with Crippen LogP contribution in [0.2, 0.25) is 0 Å². The van der Waals surface area contributed by atoms with Gasteiger partial charge < -0.3 is 24.2 Å². The number of pyridine rings is 1. The zero-order valence-corrected chi connectivity index (χ0v) is 16.9. The molecule has 1 saturated carbocycles. The summed E-state index contributed by atoms with van der Waals surface area (Å²) < 4.78 is 18.7. The predicted molar refractivity (Wildman–Crippen MR) is 110 cm³/mol. The molecular formula is C23H23N3O5. The van der Waals surface area contributed by atoms with Gasteiger partial charge in [-0.15, -0.1) is 0 Å². The first-order valence-corrected chi connectivity index (χ1v) is 10.6. The van der Waals surface area contributed by atoms with Crippen molar-refractivity contribution in [2.45, 2.75) is 25.0 Å². The number of likely N-dealkylation sites (tertiary alicyclic amines) is 1. The van der Waals surface area contributed by atoms with E-state index < -0.39 is 6.10 Å². The summed E-state index contributed by atoms with van der Waals surface area (Å²) in [6, 6.07) is 11.1. The van der Waals surface area contributed by atoms with Gasteiger partial charge in [0.2, 0.25) is 6.79 Å². The Morgan fingerprint density at radius 2 is 1.94 bits per heavy atom. The van der Waals surface area contributed by atoms with Crippen LogP contribution in [0.3, 0.4) is 0 Å². The number of aliphatic hydroxyl groups excluding tert-OH is 1. The van der Waals surface area contributed by atoms with Gasteiger partial charge in [0.05, 0.1) is 12.3 Å². The molecule has 0 radical (unpaired) electrons. The van der Waals surface area contributed by atoms with E-state index in [4.69, 9.17) is 14.2 Å². The summed E-state index contributed by atoms with van der Waals surface area (Å²) >= 11 is 0. The van der Waals surface area contributed by atoms with Crippen molar-refractivity contribution in [2.24, 2.45) is 11.8 Å². The molecule has 8 nitrogen and oxygen atoms in total. The summed E-state index contributed by atoms with van der Waals surface area (Å²) in [7, 11) is 0. The Balaban J connectivity index is 1.16. The number of hydrogen-bond donors (Lipinski definition) is 1. The minimum Gasteiger partial charge on any atom is -0.488 e. The van der Waals surface area contributed by atoms with E-state index in [2.05, 4.69) is 4.98 Å². The molecule has 8 heteroatoms. The van der Waals surface area contributed by atoms with Crippen molar-refractivity contribution in [1.82, 2.24) is 14.3 Å². The Labute approximate surface area is 179 Å². The van der Waals surface area contributed by atoms with Crippen molar-refractivity contribution < 1.29 is 24.1 Å². The molecule has 2 aromatic heterocycles. The molecule has 1 saturated heterocycles. The van der Waals surface area contributed by atoms with Crippen molar-refractivity contribution in [1.29, 1.82) is 0 Å². The van der Waals surface area contributed by atoms with E-state index in [0.29, 0.717) is 54.8 Å². The highest BCUT2D eigenvalue weighted by Crippen LogP contribution is 2.40. The molecule has 3 aliphatic rings. The Morgan fingerprint density at radius 1 is 1.10 bits per heavy atom. The van der Waals surface area contributed by atoms with Crippen molar-refractivity contribution in [3.05, 3.63) is 54.5 Å². The lowest BCUT2D eigenvalue weighted by Crippen LogP contribution is -2.42. The van der Waals surface area contributed by atoms with Gasteiger partial charge in [0, 0.05) is 25.4 Å². The molecule has 2 aliphatic heterocycles. The molecule has 1 aliphatic carbocycles. The fourth-order valence-corrected chi connectivity index (χ4v) is 5.06. The van der Waals surface area contributed by atoms with Gasteiger partial charge in [0.25, 0.3) is 5.91 Å². The SMILES string of the molecule is O=C(c1cnc2ccccn12)N1C[C@H]2C[C@@H](Oc3ccc4c(c3)OCO4)[C@H](O)C[C@H]2C1. The number of rotatable bonds is 3. The van der Waals surface area contributed by atoms with Crippen LogP contribution in [0.25, 0.3) is 5.65 Å². The zero-order chi connectivity index (χ0) is 20.9. The standard InChI is InChI=1S/C23H23N3O5/c27-18-7-14-11-25(23(28)17-10-24-22-3-1-2-6-26(17)22)12-15(14)8-20(18)31-16-4-5-19-21(9-16)30-13-29-19/h1-6,9-10,14-15,18,20,27H,7-8,11-13H2/t14-,15+,18+,20+/m0/s1. The number of carbonyl (C=O) groups is 1. The number of aromatic nitrogens is 2. The van der Waals surface area contributed by atoms with Crippen molar-refractivity contribution in [2.75, 3.05) is 19.9 Å². The summed E-state index contributed by atoms with van der Waals surface area (Å²) in [6.07, 6.45) is 3.94. The van der Waals surface area contributed by atoms with Gasteiger partial charge in [-0.1, -0.05) is 6.07 Å². The molecule has 0 spiro atoms. The van der Waals surface area contributed by atoms with Crippen LogP contribution >= 0.6 is 0 Å². The second kappa shape index (κ2) is 7.16. The smallest absolute Gasteiger partial charge is 0.272 e. The number of fused-ring (bicyclic) bond motifs is 3. The van der Waals surface area contributed by atoms with Crippen molar-refractivity contribution >= 4 is 11.6 Å². The zero-order valence-electron chi connectivity index (χ0n) is 16.9. The molecule has 2 fully saturated rings.